The molecule has 0 aromatic heterocycles. The van der Waals surface area contributed by atoms with E-state index in [2.05, 4.69) is 10.6 Å². The largest absolute Gasteiger partial charge is 0.508 e. The summed E-state index contributed by atoms with van der Waals surface area (Å²) in [5.74, 6) is 0.0248. The van der Waals surface area contributed by atoms with Crippen LogP contribution in [0.5, 0.6) is 5.75 Å². The van der Waals surface area contributed by atoms with Gasteiger partial charge in [0.15, 0.2) is 0 Å². The molecule has 21 heavy (non-hydrogen) atoms. The summed E-state index contributed by atoms with van der Waals surface area (Å²) in [4.78, 5) is 12.4. The number of carbonyl (C=O) groups is 1. The summed E-state index contributed by atoms with van der Waals surface area (Å²) in [5, 5.41) is 15.8. The first-order chi connectivity index (χ1) is 10.1. The fourth-order valence-corrected chi connectivity index (χ4v) is 2.72. The number of nitrogens with one attached hydrogen (secondary N) is 2. The van der Waals surface area contributed by atoms with Crippen molar-refractivity contribution < 1.29 is 9.90 Å². The molecule has 2 aromatic rings. The highest BCUT2D eigenvalue weighted by molar-refractivity contribution is 6.06. The molecular formula is C17H18N2O2. The molecule has 1 heterocycles. The average Bonchev–Trinajstić information content (AvgIpc) is 2.47. The molecule has 4 heteroatoms. The lowest BCUT2D eigenvalue weighted by molar-refractivity contribution is 0.102. The van der Waals surface area contributed by atoms with Crippen LogP contribution >= 0.6 is 0 Å². The van der Waals surface area contributed by atoms with Crippen LogP contribution in [0.15, 0.2) is 36.4 Å². The quantitative estimate of drug-likeness (QED) is 0.792. The van der Waals surface area contributed by atoms with Gasteiger partial charge in [-0.15, -0.1) is 0 Å². The maximum Gasteiger partial charge on any atom is 0.255 e. The zero-order valence-corrected chi connectivity index (χ0v) is 11.9. The zero-order chi connectivity index (χ0) is 14.8. The monoisotopic (exact) mass is 282 g/mol. The lowest BCUT2D eigenvalue weighted by Gasteiger charge is -2.21. The Kier molecular flexibility index (Phi) is 3.52. The normalized spacial score (nSPS) is 13.2. The molecule has 3 rings (SSSR count). The first kappa shape index (κ1) is 13.5. The Morgan fingerprint density at radius 1 is 1.29 bits per heavy atom. The fraction of sp³-hybridized carbons (Fsp3) is 0.235. The molecule has 0 bridgehead atoms. The molecule has 0 unspecified atom stereocenters. The van der Waals surface area contributed by atoms with Crippen LogP contribution in [0.2, 0.25) is 0 Å². The van der Waals surface area contributed by atoms with Crippen molar-refractivity contribution in [3.05, 3.63) is 53.1 Å². The number of phenols is 1. The summed E-state index contributed by atoms with van der Waals surface area (Å²) in [6.07, 6.45) is 2.03. The van der Waals surface area contributed by atoms with Gasteiger partial charge >= 0.3 is 0 Å². The van der Waals surface area contributed by atoms with Crippen molar-refractivity contribution in [3.8, 4) is 5.75 Å². The lowest BCUT2D eigenvalue weighted by atomic mass is 10.0. The van der Waals surface area contributed by atoms with Crippen molar-refractivity contribution in [2.75, 3.05) is 17.2 Å². The number of anilines is 2. The Labute approximate surface area is 123 Å². The Morgan fingerprint density at radius 3 is 2.95 bits per heavy atom. The molecule has 4 nitrogen and oxygen atoms in total. The molecule has 0 spiro atoms. The van der Waals surface area contributed by atoms with Crippen LogP contribution in [-0.2, 0) is 6.42 Å². The SMILES string of the molecule is Cc1cc(O)ccc1C(=O)Nc1cccc2c1CCCN2. The molecule has 1 aliphatic rings. The van der Waals surface area contributed by atoms with E-state index in [1.807, 2.05) is 25.1 Å². The van der Waals surface area contributed by atoms with Gasteiger partial charge in [-0.05, 0) is 61.2 Å². The molecule has 0 radical (unpaired) electrons. The molecule has 108 valence electrons. The van der Waals surface area contributed by atoms with Crippen LogP contribution in [-0.4, -0.2) is 17.6 Å². The smallest absolute Gasteiger partial charge is 0.255 e. The summed E-state index contributed by atoms with van der Waals surface area (Å²) in [6.45, 7) is 2.79. The average molecular weight is 282 g/mol. The van der Waals surface area contributed by atoms with Crippen molar-refractivity contribution in [2.24, 2.45) is 0 Å². The molecule has 1 amide bonds. The standard InChI is InChI=1S/C17H18N2O2/c1-11-10-12(20)7-8-13(11)17(21)19-16-6-2-5-15-14(16)4-3-9-18-15/h2,5-8,10,18,20H,3-4,9H2,1H3,(H,19,21). The molecule has 0 atom stereocenters. The highest BCUT2D eigenvalue weighted by Gasteiger charge is 2.16. The Bertz CT molecular complexity index is 695. The van der Waals surface area contributed by atoms with Crippen LogP contribution < -0.4 is 10.6 Å². The van der Waals surface area contributed by atoms with E-state index in [4.69, 9.17) is 0 Å². The first-order valence-corrected chi connectivity index (χ1v) is 7.12. The highest BCUT2D eigenvalue weighted by atomic mass is 16.3. The minimum atomic E-state index is -0.147. The molecule has 0 aliphatic carbocycles. The number of hydrogen-bond acceptors (Lipinski definition) is 3. The molecular weight excluding hydrogens is 264 g/mol. The molecule has 0 saturated heterocycles. The van der Waals surface area contributed by atoms with E-state index in [0.29, 0.717) is 5.56 Å². The van der Waals surface area contributed by atoms with Crippen molar-refractivity contribution in [3.63, 3.8) is 0 Å². The minimum Gasteiger partial charge on any atom is -0.508 e. The number of carbonyl (C=O) groups excluding carboxylic acids is 1. The Balaban J connectivity index is 1.88. The van der Waals surface area contributed by atoms with Gasteiger partial charge in [0, 0.05) is 23.5 Å². The van der Waals surface area contributed by atoms with E-state index < -0.39 is 0 Å². The first-order valence-electron chi connectivity index (χ1n) is 7.12. The Morgan fingerprint density at radius 2 is 2.14 bits per heavy atom. The highest BCUT2D eigenvalue weighted by Crippen LogP contribution is 2.29. The third-order valence-electron chi connectivity index (χ3n) is 3.80. The van der Waals surface area contributed by atoms with Crippen LogP contribution in [0.3, 0.4) is 0 Å². The predicted octanol–water partition coefficient (Wildman–Crippen LogP) is 3.31. The van der Waals surface area contributed by atoms with E-state index in [9.17, 15) is 9.90 Å². The van der Waals surface area contributed by atoms with Crippen LogP contribution in [0, 0.1) is 6.92 Å². The number of benzene rings is 2. The van der Waals surface area contributed by atoms with Gasteiger partial charge in [0.05, 0.1) is 0 Å². The summed E-state index contributed by atoms with van der Waals surface area (Å²) < 4.78 is 0. The number of aryl methyl sites for hydroxylation is 1. The second-order valence-electron chi connectivity index (χ2n) is 5.32. The van der Waals surface area contributed by atoms with Crippen molar-refractivity contribution in [1.82, 2.24) is 0 Å². The van der Waals surface area contributed by atoms with Crippen molar-refractivity contribution in [1.29, 1.82) is 0 Å². The third kappa shape index (κ3) is 2.70. The zero-order valence-electron chi connectivity index (χ0n) is 11.9. The van der Waals surface area contributed by atoms with Gasteiger partial charge in [-0.2, -0.15) is 0 Å². The van der Waals surface area contributed by atoms with E-state index in [1.165, 1.54) is 6.07 Å². The molecule has 0 fully saturated rings. The lowest BCUT2D eigenvalue weighted by Crippen LogP contribution is -2.18. The third-order valence-corrected chi connectivity index (χ3v) is 3.80. The molecule has 1 aliphatic heterocycles. The second-order valence-corrected chi connectivity index (χ2v) is 5.32. The van der Waals surface area contributed by atoms with Gasteiger partial charge in [-0.25, -0.2) is 0 Å². The van der Waals surface area contributed by atoms with E-state index in [-0.39, 0.29) is 11.7 Å². The number of hydrogen-bond donors (Lipinski definition) is 3. The van der Waals surface area contributed by atoms with Gasteiger partial charge in [0.2, 0.25) is 0 Å². The number of rotatable bonds is 2. The van der Waals surface area contributed by atoms with Gasteiger partial charge in [-0.1, -0.05) is 6.07 Å². The topological polar surface area (TPSA) is 61.4 Å². The van der Waals surface area contributed by atoms with Gasteiger partial charge in [-0.3, -0.25) is 4.79 Å². The van der Waals surface area contributed by atoms with Crippen molar-refractivity contribution in [2.45, 2.75) is 19.8 Å². The second kappa shape index (κ2) is 5.48. The molecule has 3 N–H and O–H groups in total. The summed E-state index contributed by atoms with van der Waals surface area (Å²) in [5.41, 5.74) is 4.46. The molecule has 0 saturated carbocycles. The predicted molar refractivity (Wildman–Crippen MR) is 84.0 cm³/mol. The number of fused-ring (bicyclic) bond motifs is 1. The van der Waals surface area contributed by atoms with E-state index >= 15 is 0 Å². The van der Waals surface area contributed by atoms with Crippen molar-refractivity contribution >= 4 is 17.3 Å². The van der Waals surface area contributed by atoms with Crippen LogP contribution in [0.25, 0.3) is 0 Å². The van der Waals surface area contributed by atoms with E-state index in [1.54, 1.807) is 12.1 Å². The van der Waals surface area contributed by atoms with Gasteiger partial charge in [0.25, 0.3) is 5.91 Å². The number of aromatic hydroxyl groups is 1. The molecule has 2 aromatic carbocycles. The summed E-state index contributed by atoms with van der Waals surface area (Å²) >= 11 is 0. The summed E-state index contributed by atoms with van der Waals surface area (Å²) in [6, 6.07) is 10.7. The van der Waals surface area contributed by atoms with Crippen LogP contribution in [0.1, 0.15) is 27.9 Å². The van der Waals surface area contributed by atoms with Gasteiger partial charge < -0.3 is 15.7 Å². The summed E-state index contributed by atoms with van der Waals surface area (Å²) in [7, 11) is 0. The number of amides is 1. The van der Waals surface area contributed by atoms with Gasteiger partial charge in [0.1, 0.15) is 5.75 Å². The minimum absolute atomic E-state index is 0.147. The maximum absolute atomic E-state index is 12.4. The van der Waals surface area contributed by atoms with Crippen LogP contribution in [0.4, 0.5) is 11.4 Å². The maximum atomic E-state index is 12.4. The number of phenolic OH excluding ortho intramolecular Hbond substituents is 1. The van der Waals surface area contributed by atoms with E-state index in [0.717, 1.165) is 41.9 Å². The fourth-order valence-electron chi connectivity index (χ4n) is 2.72. The Hall–Kier alpha value is -2.49.